The zero-order valence-corrected chi connectivity index (χ0v) is 10.4. The van der Waals surface area contributed by atoms with Crippen LogP contribution in [-0.2, 0) is 0 Å². The van der Waals surface area contributed by atoms with Gasteiger partial charge in [-0.2, -0.15) is 0 Å². The molecule has 0 spiro atoms. The standard InChI is InChI=1S/C11H16ClFSi/c1-14(2,9-3-8-12)11-6-4-10(13)5-7-11/h4-7H,3,8-9H2,1-2H3. The van der Waals surface area contributed by atoms with E-state index >= 15 is 0 Å². The van der Waals surface area contributed by atoms with Crippen LogP contribution >= 0.6 is 11.6 Å². The SMILES string of the molecule is C[Si](C)(CCCCl)c1ccc(F)cc1. The Labute approximate surface area is 91.1 Å². The van der Waals surface area contributed by atoms with E-state index in [4.69, 9.17) is 11.6 Å². The van der Waals surface area contributed by atoms with Crippen molar-refractivity contribution in [3.63, 3.8) is 0 Å². The van der Waals surface area contributed by atoms with Gasteiger partial charge in [-0.1, -0.05) is 36.5 Å². The fourth-order valence-corrected chi connectivity index (χ4v) is 4.33. The molecule has 0 aliphatic rings. The Kier molecular flexibility index (Phi) is 4.14. The van der Waals surface area contributed by atoms with Gasteiger partial charge in [0, 0.05) is 5.88 Å². The lowest BCUT2D eigenvalue weighted by Crippen LogP contribution is -2.41. The Morgan fingerprint density at radius 3 is 2.29 bits per heavy atom. The van der Waals surface area contributed by atoms with E-state index in [9.17, 15) is 4.39 Å². The molecule has 0 radical (unpaired) electrons. The number of hydrogen-bond acceptors (Lipinski definition) is 0. The van der Waals surface area contributed by atoms with Crippen LogP contribution in [-0.4, -0.2) is 14.0 Å². The molecule has 0 aliphatic heterocycles. The van der Waals surface area contributed by atoms with Crippen LogP contribution in [0.4, 0.5) is 4.39 Å². The molecule has 0 amide bonds. The van der Waals surface area contributed by atoms with E-state index < -0.39 is 8.07 Å². The molecule has 1 aromatic carbocycles. The second-order valence-corrected chi connectivity index (χ2v) is 9.41. The van der Waals surface area contributed by atoms with Crippen molar-refractivity contribution in [3.8, 4) is 0 Å². The van der Waals surface area contributed by atoms with Crippen LogP contribution in [0.2, 0.25) is 19.1 Å². The average Bonchev–Trinajstić information content (AvgIpc) is 2.16. The molecule has 3 heteroatoms. The summed E-state index contributed by atoms with van der Waals surface area (Å²) in [5, 5.41) is 1.31. The highest BCUT2D eigenvalue weighted by Crippen LogP contribution is 2.13. The van der Waals surface area contributed by atoms with E-state index in [2.05, 4.69) is 13.1 Å². The lowest BCUT2D eigenvalue weighted by atomic mass is 10.3. The molecule has 1 aromatic rings. The van der Waals surface area contributed by atoms with E-state index in [1.165, 1.54) is 11.2 Å². The molecule has 0 unspecified atom stereocenters. The van der Waals surface area contributed by atoms with Crippen LogP contribution < -0.4 is 5.19 Å². The summed E-state index contributed by atoms with van der Waals surface area (Å²) in [6.07, 6.45) is 1.05. The maximum atomic E-state index is 12.7. The molecule has 1 rings (SSSR count). The van der Waals surface area contributed by atoms with E-state index in [0.717, 1.165) is 12.3 Å². The van der Waals surface area contributed by atoms with Gasteiger partial charge in [0.05, 0.1) is 8.07 Å². The van der Waals surface area contributed by atoms with Crippen molar-refractivity contribution in [2.45, 2.75) is 25.6 Å². The predicted molar refractivity (Wildman–Crippen MR) is 63.7 cm³/mol. The summed E-state index contributed by atoms with van der Waals surface area (Å²) in [6.45, 7) is 4.60. The van der Waals surface area contributed by atoms with E-state index in [1.807, 2.05) is 12.1 Å². The molecule has 0 atom stereocenters. The smallest absolute Gasteiger partial charge is 0.123 e. The molecule has 0 saturated carbocycles. The highest BCUT2D eigenvalue weighted by atomic mass is 35.5. The summed E-state index contributed by atoms with van der Waals surface area (Å²) in [4.78, 5) is 0. The minimum atomic E-state index is -1.37. The average molecular weight is 231 g/mol. The van der Waals surface area contributed by atoms with E-state index in [0.29, 0.717) is 0 Å². The van der Waals surface area contributed by atoms with Gasteiger partial charge in [-0.25, -0.2) is 4.39 Å². The molecule has 0 aromatic heterocycles. The molecular formula is C11H16ClFSi. The minimum absolute atomic E-state index is 0.157. The van der Waals surface area contributed by atoms with Gasteiger partial charge >= 0.3 is 0 Å². The zero-order valence-electron chi connectivity index (χ0n) is 8.69. The molecule has 0 nitrogen and oxygen atoms in total. The first-order valence-electron chi connectivity index (χ1n) is 4.88. The second-order valence-electron chi connectivity index (χ2n) is 4.18. The lowest BCUT2D eigenvalue weighted by molar-refractivity contribution is 0.628. The van der Waals surface area contributed by atoms with Gasteiger partial charge in [-0.15, -0.1) is 11.6 Å². The van der Waals surface area contributed by atoms with Crippen molar-refractivity contribution >= 4 is 24.9 Å². The number of halogens is 2. The van der Waals surface area contributed by atoms with Crippen molar-refractivity contribution in [2.75, 3.05) is 5.88 Å². The first-order valence-corrected chi connectivity index (χ1v) is 8.62. The monoisotopic (exact) mass is 230 g/mol. The summed E-state index contributed by atoms with van der Waals surface area (Å²) in [7, 11) is -1.37. The van der Waals surface area contributed by atoms with Crippen LogP contribution in [0.5, 0.6) is 0 Å². The maximum Gasteiger partial charge on any atom is 0.123 e. The Morgan fingerprint density at radius 2 is 1.79 bits per heavy atom. The number of rotatable bonds is 4. The third-order valence-electron chi connectivity index (χ3n) is 2.56. The number of hydrogen-bond donors (Lipinski definition) is 0. The third kappa shape index (κ3) is 3.10. The molecule has 0 fully saturated rings. The molecule has 0 N–H and O–H groups in total. The summed E-state index contributed by atoms with van der Waals surface area (Å²) in [5.41, 5.74) is 0. The maximum absolute atomic E-state index is 12.7. The van der Waals surface area contributed by atoms with Crippen LogP contribution in [0.1, 0.15) is 6.42 Å². The van der Waals surface area contributed by atoms with Gasteiger partial charge in [-0.3, -0.25) is 0 Å². The van der Waals surface area contributed by atoms with Crippen molar-refractivity contribution in [3.05, 3.63) is 30.1 Å². The summed E-state index contributed by atoms with van der Waals surface area (Å²) >= 11 is 5.68. The fraction of sp³-hybridized carbons (Fsp3) is 0.455. The highest BCUT2D eigenvalue weighted by molar-refractivity contribution is 6.89. The molecule has 0 aliphatic carbocycles. The first kappa shape index (κ1) is 11.7. The number of alkyl halides is 1. The fourth-order valence-electron chi connectivity index (χ4n) is 1.55. The largest absolute Gasteiger partial charge is 0.207 e. The third-order valence-corrected chi connectivity index (χ3v) is 6.33. The summed E-state index contributed by atoms with van der Waals surface area (Å²) in [6, 6.07) is 8.09. The summed E-state index contributed by atoms with van der Waals surface area (Å²) in [5.74, 6) is 0.563. The molecule has 0 saturated heterocycles. The Balaban J connectivity index is 2.75. The van der Waals surface area contributed by atoms with Crippen LogP contribution in [0.15, 0.2) is 24.3 Å². The second kappa shape index (κ2) is 4.94. The van der Waals surface area contributed by atoms with Crippen LogP contribution in [0, 0.1) is 5.82 Å². The topological polar surface area (TPSA) is 0 Å². The Hall–Kier alpha value is -0.343. The van der Waals surface area contributed by atoms with Gasteiger partial charge in [0.2, 0.25) is 0 Å². The lowest BCUT2D eigenvalue weighted by Gasteiger charge is -2.22. The quantitative estimate of drug-likeness (QED) is 0.550. The van der Waals surface area contributed by atoms with Crippen molar-refractivity contribution in [1.82, 2.24) is 0 Å². The Bertz CT molecular complexity index is 282. The van der Waals surface area contributed by atoms with Crippen LogP contribution in [0.3, 0.4) is 0 Å². The minimum Gasteiger partial charge on any atom is -0.207 e. The van der Waals surface area contributed by atoms with Gasteiger partial charge in [-0.05, 0) is 18.6 Å². The predicted octanol–water partition coefficient (Wildman–Crippen LogP) is 3.37. The molecule has 0 heterocycles. The Morgan fingerprint density at radius 1 is 1.21 bits per heavy atom. The first-order chi connectivity index (χ1) is 6.56. The summed E-state index contributed by atoms with van der Waals surface area (Å²) < 4.78 is 12.7. The highest BCUT2D eigenvalue weighted by Gasteiger charge is 2.22. The zero-order chi connectivity index (χ0) is 10.6. The molecule has 14 heavy (non-hydrogen) atoms. The van der Waals surface area contributed by atoms with E-state index in [-0.39, 0.29) is 5.82 Å². The van der Waals surface area contributed by atoms with Crippen LogP contribution in [0.25, 0.3) is 0 Å². The van der Waals surface area contributed by atoms with Gasteiger partial charge < -0.3 is 0 Å². The van der Waals surface area contributed by atoms with E-state index in [1.54, 1.807) is 12.1 Å². The van der Waals surface area contributed by atoms with Gasteiger partial charge in [0.15, 0.2) is 0 Å². The van der Waals surface area contributed by atoms with Crippen molar-refractivity contribution in [1.29, 1.82) is 0 Å². The molecule has 78 valence electrons. The molecular weight excluding hydrogens is 215 g/mol. The molecule has 0 bridgehead atoms. The number of benzene rings is 1. The van der Waals surface area contributed by atoms with Crippen molar-refractivity contribution in [2.24, 2.45) is 0 Å². The normalized spacial score (nSPS) is 11.7. The van der Waals surface area contributed by atoms with Gasteiger partial charge in [0.1, 0.15) is 5.82 Å². The van der Waals surface area contributed by atoms with Gasteiger partial charge in [0.25, 0.3) is 0 Å². The van der Waals surface area contributed by atoms with Crippen molar-refractivity contribution < 1.29 is 4.39 Å².